The number of carboxylic acid groups (broad SMARTS) is 1. The quantitative estimate of drug-likeness (QED) is 0.664. The second-order valence-corrected chi connectivity index (χ2v) is 6.54. The van der Waals surface area contributed by atoms with E-state index < -0.39 is 5.97 Å². The summed E-state index contributed by atoms with van der Waals surface area (Å²) in [5.74, 6) is -1.42. The number of aromatic carboxylic acids is 1. The molecule has 0 radical (unpaired) electrons. The second-order valence-electron chi connectivity index (χ2n) is 6.54. The molecule has 0 atom stereocenters. The third-order valence-corrected chi connectivity index (χ3v) is 4.81. The molecule has 8 nitrogen and oxygen atoms in total. The van der Waals surface area contributed by atoms with Gasteiger partial charge in [0.2, 0.25) is 11.1 Å². The molecule has 8 heteroatoms. The molecule has 0 aliphatic carbocycles. The van der Waals surface area contributed by atoms with Gasteiger partial charge in [-0.05, 0) is 30.2 Å². The van der Waals surface area contributed by atoms with Crippen molar-refractivity contribution < 1.29 is 19.1 Å². The van der Waals surface area contributed by atoms with Crippen molar-refractivity contribution in [2.45, 2.75) is 6.42 Å². The average molecular weight is 369 g/mol. The van der Waals surface area contributed by atoms with Gasteiger partial charge >= 0.3 is 5.97 Å². The molecule has 27 heavy (non-hydrogen) atoms. The lowest BCUT2D eigenvalue weighted by Gasteiger charge is -2.26. The molecule has 0 unspecified atom stereocenters. The molecular formula is C19H19N3O5. The number of nitrogens with zero attached hydrogens (tertiary/aromatic N) is 2. The maximum Gasteiger partial charge on any atom is 0.339 e. The van der Waals surface area contributed by atoms with Crippen molar-refractivity contribution in [2.24, 2.45) is 0 Å². The minimum Gasteiger partial charge on any atom is -0.478 e. The Morgan fingerprint density at radius 2 is 2.00 bits per heavy atom. The first kappa shape index (κ1) is 17.4. The van der Waals surface area contributed by atoms with Gasteiger partial charge in [-0.3, -0.25) is 9.69 Å². The van der Waals surface area contributed by atoms with Crippen LogP contribution < -0.4 is 11.2 Å². The van der Waals surface area contributed by atoms with Gasteiger partial charge in [0.15, 0.2) is 0 Å². The summed E-state index contributed by atoms with van der Waals surface area (Å²) in [4.78, 5) is 30.4. The van der Waals surface area contributed by atoms with Crippen molar-refractivity contribution in [1.29, 1.82) is 0 Å². The fourth-order valence-corrected chi connectivity index (χ4v) is 3.28. The summed E-state index contributed by atoms with van der Waals surface area (Å²) in [5.41, 5.74) is 6.58. The van der Waals surface area contributed by atoms with Gasteiger partial charge in [-0.1, -0.05) is 6.07 Å². The van der Waals surface area contributed by atoms with E-state index in [-0.39, 0.29) is 27.9 Å². The maximum absolute atomic E-state index is 12.9. The highest BCUT2D eigenvalue weighted by atomic mass is 16.5. The van der Waals surface area contributed by atoms with Crippen LogP contribution in [0, 0.1) is 0 Å². The number of morpholine rings is 1. The number of benzene rings is 1. The van der Waals surface area contributed by atoms with E-state index in [4.69, 9.17) is 14.9 Å². The van der Waals surface area contributed by atoms with Crippen LogP contribution in [0.1, 0.15) is 15.9 Å². The van der Waals surface area contributed by atoms with Crippen molar-refractivity contribution >= 4 is 33.9 Å². The molecule has 0 saturated carbocycles. The second kappa shape index (κ2) is 6.98. The van der Waals surface area contributed by atoms with Crippen LogP contribution in [0.3, 0.4) is 0 Å². The average Bonchev–Trinajstić information content (AvgIpc) is 2.67. The lowest BCUT2D eigenvalue weighted by atomic mass is 10.1. The molecular weight excluding hydrogens is 350 g/mol. The van der Waals surface area contributed by atoms with Gasteiger partial charge in [0.1, 0.15) is 17.0 Å². The Labute approximate surface area is 154 Å². The summed E-state index contributed by atoms with van der Waals surface area (Å²) >= 11 is 0. The smallest absolute Gasteiger partial charge is 0.339 e. The van der Waals surface area contributed by atoms with Crippen molar-refractivity contribution in [1.82, 2.24) is 9.88 Å². The zero-order chi connectivity index (χ0) is 19.0. The van der Waals surface area contributed by atoms with Gasteiger partial charge < -0.3 is 20.0 Å². The summed E-state index contributed by atoms with van der Waals surface area (Å²) in [6.07, 6.45) is 0.799. The molecule has 0 spiro atoms. The highest BCUT2D eigenvalue weighted by Crippen LogP contribution is 2.22. The molecule has 2 aromatic heterocycles. The monoisotopic (exact) mass is 369 g/mol. The number of rotatable bonds is 4. The SMILES string of the molecule is Nc1nc2oc3ccc(CCN4CCOCC4)cc3c(=O)c2cc1C(=O)O. The van der Waals surface area contributed by atoms with Crippen LogP contribution in [-0.2, 0) is 11.2 Å². The number of pyridine rings is 1. The number of nitrogens with two attached hydrogens (primary N) is 1. The van der Waals surface area contributed by atoms with Crippen LogP contribution in [0.15, 0.2) is 33.5 Å². The molecule has 1 fully saturated rings. The van der Waals surface area contributed by atoms with Crippen molar-refractivity contribution in [2.75, 3.05) is 38.6 Å². The summed E-state index contributed by atoms with van der Waals surface area (Å²) < 4.78 is 11.0. The van der Waals surface area contributed by atoms with Gasteiger partial charge in [-0.25, -0.2) is 4.79 Å². The molecule has 3 aromatic rings. The van der Waals surface area contributed by atoms with E-state index in [1.807, 2.05) is 6.07 Å². The first-order chi connectivity index (χ1) is 13.0. The highest BCUT2D eigenvalue weighted by Gasteiger charge is 2.16. The third-order valence-electron chi connectivity index (χ3n) is 4.81. The van der Waals surface area contributed by atoms with Crippen molar-refractivity contribution in [3.8, 4) is 0 Å². The van der Waals surface area contributed by atoms with Crippen LogP contribution in [0.2, 0.25) is 0 Å². The van der Waals surface area contributed by atoms with Crippen LogP contribution in [0.4, 0.5) is 5.82 Å². The fraction of sp³-hybridized carbons (Fsp3) is 0.316. The Balaban J connectivity index is 1.72. The van der Waals surface area contributed by atoms with Crippen LogP contribution in [0.25, 0.3) is 22.1 Å². The minimum absolute atomic E-state index is 0.0380. The van der Waals surface area contributed by atoms with Crippen LogP contribution in [-0.4, -0.2) is 53.8 Å². The van der Waals surface area contributed by atoms with Crippen molar-refractivity contribution in [3.63, 3.8) is 0 Å². The first-order valence-corrected chi connectivity index (χ1v) is 8.72. The molecule has 140 valence electrons. The number of carboxylic acids is 1. The Bertz CT molecular complexity index is 1090. The molecule has 1 aromatic carbocycles. The van der Waals surface area contributed by atoms with Crippen molar-refractivity contribution in [3.05, 3.63) is 45.6 Å². The van der Waals surface area contributed by atoms with Crippen LogP contribution in [0.5, 0.6) is 0 Å². The lowest BCUT2D eigenvalue weighted by molar-refractivity contribution is 0.0384. The van der Waals surface area contributed by atoms with Gasteiger partial charge in [0.05, 0.1) is 24.0 Å². The van der Waals surface area contributed by atoms with Gasteiger partial charge in [-0.2, -0.15) is 4.98 Å². The molecule has 3 N–H and O–H groups in total. The number of nitrogen functional groups attached to an aromatic ring is 1. The zero-order valence-electron chi connectivity index (χ0n) is 14.6. The third kappa shape index (κ3) is 3.36. The number of hydrogen-bond acceptors (Lipinski definition) is 7. The normalized spacial score (nSPS) is 15.4. The number of hydrogen-bond donors (Lipinski definition) is 2. The molecule has 3 heterocycles. The Kier molecular flexibility index (Phi) is 4.51. The first-order valence-electron chi connectivity index (χ1n) is 8.72. The molecule has 0 amide bonds. The predicted octanol–water partition coefficient (Wildman–Crippen LogP) is 1.50. The number of aromatic nitrogens is 1. The number of carbonyl (C=O) groups is 1. The van der Waals surface area contributed by atoms with E-state index in [9.17, 15) is 14.7 Å². The van der Waals surface area contributed by atoms with Gasteiger partial charge in [0.25, 0.3) is 0 Å². The Morgan fingerprint density at radius 3 is 2.74 bits per heavy atom. The number of anilines is 1. The Morgan fingerprint density at radius 1 is 1.22 bits per heavy atom. The topological polar surface area (TPSA) is 119 Å². The molecule has 1 aliphatic heterocycles. The van der Waals surface area contributed by atoms with E-state index in [0.717, 1.165) is 44.8 Å². The van der Waals surface area contributed by atoms with E-state index in [1.165, 1.54) is 6.07 Å². The highest BCUT2D eigenvalue weighted by molar-refractivity contribution is 5.98. The van der Waals surface area contributed by atoms with E-state index in [1.54, 1.807) is 12.1 Å². The van der Waals surface area contributed by atoms with E-state index >= 15 is 0 Å². The summed E-state index contributed by atoms with van der Waals surface area (Å²) in [7, 11) is 0. The van der Waals surface area contributed by atoms with Gasteiger partial charge in [0, 0.05) is 19.6 Å². The fourth-order valence-electron chi connectivity index (χ4n) is 3.28. The number of fused-ring (bicyclic) bond motifs is 2. The summed E-state index contributed by atoms with van der Waals surface area (Å²) in [6.45, 7) is 4.19. The Hall–Kier alpha value is -2.97. The largest absolute Gasteiger partial charge is 0.478 e. The minimum atomic E-state index is -1.24. The molecule has 4 rings (SSSR count). The standard InChI is InChI=1S/C19H19N3O5/c20-17-14(19(24)25)10-13-16(23)12-9-11(1-2-15(12)27-18(13)21-17)3-4-22-5-7-26-8-6-22/h1-2,9-10H,3-8H2,(H2,20,21)(H,24,25). The van der Waals surface area contributed by atoms with E-state index in [2.05, 4.69) is 9.88 Å². The summed E-state index contributed by atoms with van der Waals surface area (Å²) in [5, 5.41) is 9.72. The predicted molar refractivity (Wildman–Crippen MR) is 100 cm³/mol. The lowest BCUT2D eigenvalue weighted by Crippen LogP contribution is -2.37. The van der Waals surface area contributed by atoms with Crippen LogP contribution >= 0.6 is 0 Å². The van der Waals surface area contributed by atoms with Gasteiger partial charge in [-0.15, -0.1) is 0 Å². The number of ether oxygens (including phenoxy) is 1. The molecule has 1 aliphatic rings. The van der Waals surface area contributed by atoms with E-state index in [0.29, 0.717) is 11.0 Å². The molecule has 0 bridgehead atoms. The molecule has 1 saturated heterocycles. The summed E-state index contributed by atoms with van der Waals surface area (Å²) in [6, 6.07) is 6.70. The maximum atomic E-state index is 12.9. The zero-order valence-corrected chi connectivity index (χ0v) is 14.6.